The van der Waals surface area contributed by atoms with Crippen LogP contribution >= 0.6 is 11.3 Å². The first-order chi connectivity index (χ1) is 6.59. The lowest BCUT2D eigenvalue weighted by molar-refractivity contribution is 0.153. The first-order valence-corrected chi connectivity index (χ1v) is 4.98. The van der Waals surface area contributed by atoms with Crippen molar-refractivity contribution in [1.82, 2.24) is 0 Å². The summed E-state index contributed by atoms with van der Waals surface area (Å²) in [6.07, 6.45) is -2.41. The van der Waals surface area contributed by atoms with Crippen molar-refractivity contribution in [2.75, 3.05) is 5.73 Å². The zero-order chi connectivity index (χ0) is 10.3. The highest BCUT2D eigenvalue weighted by Gasteiger charge is 2.17. The topological polar surface area (TPSA) is 26.0 Å². The minimum absolute atomic E-state index is 0.144. The minimum atomic E-state index is -2.41. The van der Waals surface area contributed by atoms with E-state index in [1.165, 1.54) is 11.3 Å². The smallest absolute Gasteiger partial charge is 0.265 e. The third-order valence-electron chi connectivity index (χ3n) is 2.16. The molecule has 74 valence electrons. The van der Waals surface area contributed by atoms with Crippen LogP contribution in [0.4, 0.5) is 14.5 Å². The van der Waals surface area contributed by atoms with E-state index in [0.29, 0.717) is 16.0 Å². The number of halogens is 2. The average molecular weight is 213 g/mol. The lowest BCUT2D eigenvalue weighted by atomic mass is 10.1. The van der Waals surface area contributed by atoms with Crippen LogP contribution in [-0.2, 0) is 0 Å². The second kappa shape index (κ2) is 3.20. The molecule has 0 unspecified atom stereocenters. The number of anilines is 1. The fraction of sp³-hybridized carbons (Fsp3) is 0.200. The Morgan fingerprint density at radius 3 is 2.71 bits per heavy atom. The van der Waals surface area contributed by atoms with Gasteiger partial charge in [-0.15, -0.1) is 11.3 Å². The van der Waals surface area contributed by atoms with E-state index in [-0.39, 0.29) is 5.56 Å². The molecule has 2 aromatic rings. The molecule has 0 spiro atoms. The minimum Gasteiger partial charge on any atom is -0.399 e. The standard InChI is InChI=1S/C10H9F2NS/c1-5-9(10(11)12)7-3-2-6(13)4-8(7)14-5/h2-4,10H,13H2,1H3. The van der Waals surface area contributed by atoms with E-state index in [2.05, 4.69) is 0 Å². The van der Waals surface area contributed by atoms with Gasteiger partial charge in [0.05, 0.1) is 0 Å². The molecule has 2 rings (SSSR count). The lowest BCUT2D eigenvalue weighted by Crippen LogP contribution is -1.85. The zero-order valence-corrected chi connectivity index (χ0v) is 8.37. The molecular weight excluding hydrogens is 204 g/mol. The number of hydrogen-bond donors (Lipinski definition) is 1. The van der Waals surface area contributed by atoms with Crippen LogP contribution in [0.1, 0.15) is 16.9 Å². The molecule has 1 aromatic carbocycles. The number of aryl methyl sites for hydroxylation is 1. The SMILES string of the molecule is Cc1sc2cc(N)ccc2c1C(F)F. The van der Waals surface area contributed by atoms with Gasteiger partial charge in [0.25, 0.3) is 6.43 Å². The molecule has 0 amide bonds. The first-order valence-electron chi connectivity index (χ1n) is 4.16. The number of fused-ring (bicyclic) bond motifs is 1. The quantitative estimate of drug-likeness (QED) is 0.717. The number of hydrogen-bond acceptors (Lipinski definition) is 2. The first kappa shape index (κ1) is 9.40. The van der Waals surface area contributed by atoms with Crippen LogP contribution in [-0.4, -0.2) is 0 Å². The van der Waals surface area contributed by atoms with E-state index < -0.39 is 6.43 Å². The maximum absolute atomic E-state index is 12.7. The van der Waals surface area contributed by atoms with Gasteiger partial charge in [-0.1, -0.05) is 6.07 Å². The third kappa shape index (κ3) is 1.35. The summed E-state index contributed by atoms with van der Waals surface area (Å²) in [6.45, 7) is 1.71. The molecule has 0 atom stereocenters. The summed E-state index contributed by atoms with van der Waals surface area (Å²) < 4.78 is 26.2. The number of rotatable bonds is 1. The molecule has 0 aliphatic rings. The Labute approximate surface area is 84.2 Å². The van der Waals surface area contributed by atoms with Crippen LogP contribution < -0.4 is 5.73 Å². The van der Waals surface area contributed by atoms with Gasteiger partial charge in [0.1, 0.15) is 0 Å². The molecule has 0 saturated heterocycles. The average Bonchev–Trinajstić information content (AvgIpc) is 2.39. The van der Waals surface area contributed by atoms with Crippen molar-refractivity contribution in [1.29, 1.82) is 0 Å². The normalized spacial score (nSPS) is 11.4. The van der Waals surface area contributed by atoms with Gasteiger partial charge in [0, 0.05) is 26.2 Å². The fourth-order valence-electron chi connectivity index (χ4n) is 1.53. The third-order valence-corrected chi connectivity index (χ3v) is 3.24. The predicted octanol–water partition coefficient (Wildman–Crippen LogP) is 3.73. The summed E-state index contributed by atoms with van der Waals surface area (Å²) in [5.74, 6) is 0. The molecule has 0 saturated carbocycles. The highest BCUT2D eigenvalue weighted by Crippen LogP contribution is 2.37. The Morgan fingerprint density at radius 2 is 2.07 bits per heavy atom. The van der Waals surface area contributed by atoms with Gasteiger partial charge in [-0.3, -0.25) is 0 Å². The van der Waals surface area contributed by atoms with Crippen molar-refractivity contribution in [3.8, 4) is 0 Å². The van der Waals surface area contributed by atoms with E-state index in [4.69, 9.17) is 5.73 Å². The van der Waals surface area contributed by atoms with Crippen LogP contribution in [0.2, 0.25) is 0 Å². The Kier molecular flexibility index (Phi) is 2.15. The molecule has 4 heteroatoms. The predicted molar refractivity (Wildman–Crippen MR) is 55.9 cm³/mol. The summed E-state index contributed by atoms with van der Waals surface area (Å²) in [7, 11) is 0. The molecule has 1 nitrogen and oxygen atoms in total. The van der Waals surface area contributed by atoms with Crippen LogP contribution in [0.5, 0.6) is 0 Å². The van der Waals surface area contributed by atoms with Crippen LogP contribution in [0, 0.1) is 6.92 Å². The van der Waals surface area contributed by atoms with Crippen molar-refractivity contribution in [2.45, 2.75) is 13.3 Å². The maximum Gasteiger partial charge on any atom is 0.265 e. The van der Waals surface area contributed by atoms with E-state index in [0.717, 1.165) is 4.70 Å². The molecule has 2 N–H and O–H groups in total. The Morgan fingerprint density at radius 1 is 1.36 bits per heavy atom. The molecule has 1 heterocycles. The molecule has 0 bridgehead atoms. The highest BCUT2D eigenvalue weighted by atomic mass is 32.1. The number of thiophene rings is 1. The molecule has 0 aliphatic heterocycles. The van der Waals surface area contributed by atoms with Crippen LogP contribution in [0.15, 0.2) is 18.2 Å². The van der Waals surface area contributed by atoms with Crippen molar-refractivity contribution in [3.05, 3.63) is 28.6 Å². The second-order valence-electron chi connectivity index (χ2n) is 3.13. The molecular formula is C10H9F2NS. The van der Waals surface area contributed by atoms with Crippen molar-refractivity contribution in [2.24, 2.45) is 0 Å². The van der Waals surface area contributed by atoms with E-state index in [1.807, 2.05) is 0 Å². The van der Waals surface area contributed by atoms with E-state index >= 15 is 0 Å². The summed E-state index contributed by atoms with van der Waals surface area (Å²) in [5, 5.41) is 0.622. The summed E-state index contributed by atoms with van der Waals surface area (Å²) >= 11 is 1.36. The van der Waals surface area contributed by atoms with Gasteiger partial charge in [0.15, 0.2) is 0 Å². The van der Waals surface area contributed by atoms with Gasteiger partial charge in [-0.2, -0.15) is 0 Å². The maximum atomic E-state index is 12.7. The molecule has 0 radical (unpaired) electrons. The second-order valence-corrected chi connectivity index (χ2v) is 4.38. The Balaban J connectivity index is 2.77. The van der Waals surface area contributed by atoms with Gasteiger partial charge in [0.2, 0.25) is 0 Å². The summed E-state index contributed by atoms with van der Waals surface area (Å²) in [4.78, 5) is 0.667. The molecule has 1 aromatic heterocycles. The van der Waals surface area contributed by atoms with E-state index in [9.17, 15) is 8.78 Å². The van der Waals surface area contributed by atoms with Gasteiger partial charge in [-0.05, 0) is 19.1 Å². The van der Waals surface area contributed by atoms with Crippen LogP contribution in [0.25, 0.3) is 10.1 Å². The van der Waals surface area contributed by atoms with Gasteiger partial charge >= 0.3 is 0 Å². The van der Waals surface area contributed by atoms with Crippen molar-refractivity contribution < 1.29 is 8.78 Å². The van der Waals surface area contributed by atoms with Gasteiger partial charge < -0.3 is 5.73 Å². The van der Waals surface area contributed by atoms with Crippen molar-refractivity contribution >= 4 is 27.1 Å². The molecule has 0 aliphatic carbocycles. The Bertz CT molecular complexity index is 476. The highest BCUT2D eigenvalue weighted by molar-refractivity contribution is 7.19. The van der Waals surface area contributed by atoms with Crippen LogP contribution in [0.3, 0.4) is 0 Å². The zero-order valence-electron chi connectivity index (χ0n) is 7.55. The monoisotopic (exact) mass is 213 g/mol. The van der Waals surface area contributed by atoms with E-state index in [1.54, 1.807) is 25.1 Å². The number of nitrogen functional groups attached to an aromatic ring is 1. The fourth-order valence-corrected chi connectivity index (χ4v) is 2.65. The molecule has 14 heavy (non-hydrogen) atoms. The largest absolute Gasteiger partial charge is 0.399 e. The Hall–Kier alpha value is -1.16. The summed E-state index contributed by atoms with van der Waals surface area (Å²) in [5.41, 5.74) is 6.33. The number of nitrogens with two attached hydrogens (primary N) is 1. The number of alkyl halides is 2. The summed E-state index contributed by atoms with van der Waals surface area (Å²) in [6, 6.07) is 5.05. The van der Waals surface area contributed by atoms with Gasteiger partial charge in [-0.25, -0.2) is 8.78 Å². The molecule has 0 fully saturated rings. The lowest BCUT2D eigenvalue weighted by Gasteiger charge is -1.98. The van der Waals surface area contributed by atoms with Crippen molar-refractivity contribution in [3.63, 3.8) is 0 Å². The number of benzene rings is 1.